The van der Waals surface area contributed by atoms with Crippen molar-refractivity contribution < 1.29 is 23.1 Å². The minimum atomic E-state index is -3.68. The molecule has 0 heterocycles. The fraction of sp³-hybridized carbons (Fsp3) is 0.286. The van der Waals surface area contributed by atoms with Crippen LogP contribution < -0.4 is 4.72 Å². The molecule has 2 aromatic carbocycles. The Labute approximate surface area is 174 Å². The number of hydrogen-bond acceptors (Lipinski definition) is 6. The van der Waals surface area contributed by atoms with Crippen LogP contribution in [0.15, 0.2) is 53.5 Å². The molecule has 1 aliphatic carbocycles. The van der Waals surface area contributed by atoms with E-state index in [1.165, 1.54) is 11.8 Å². The van der Waals surface area contributed by atoms with Gasteiger partial charge < -0.3 is 9.84 Å². The Kier molecular flexibility index (Phi) is 6.87. The molecule has 0 radical (unpaired) electrons. The summed E-state index contributed by atoms with van der Waals surface area (Å²) in [7, 11) is -3.68. The van der Waals surface area contributed by atoms with E-state index >= 15 is 0 Å². The van der Waals surface area contributed by atoms with Crippen LogP contribution in [0.2, 0.25) is 0 Å². The lowest BCUT2D eigenvalue weighted by atomic mass is 10.0. The summed E-state index contributed by atoms with van der Waals surface area (Å²) in [5, 5.41) is 11.9. The van der Waals surface area contributed by atoms with E-state index in [9.17, 15) is 18.3 Å². The molecule has 154 valence electrons. The highest BCUT2D eigenvalue weighted by Crippen LogP contribution is 2.36. The number of benzene rings is 2. The lowest BCUT2D eigenvalue weighted by molar-refractivity contribution is -0.139. The average Bonchev–Trinajstić information content (AvgIpc) is 3.24. The van der Waals surface area contributed by atoms with Crippen LogP contribution in [0.25, 0.3) is 10.8 Å². The van der Waals surface area contributed by atoms with E-state index in [4.69, 9.17) is 4.74 Å². The maximum Gasteiger partial charge on any atom is 0.315 e. The lowest BCUT2D eigenvalue weighted by Gasteiger charge is -2.15. The molecule has 2 aromatic rings. The number of thioether (sulfide) groups is 1. The Hall–Kier alpha value is -2.45. The first-order valence-electron chi connectivity index (χ1n) is 9.28. The molecular formula is C21H23NO5S2. The van der Waals surface area contributed by atoms with Crippen LogP contribution >= 0.6 is 11.8 Å². The fourth-order valence-corrected chi connectivity index (χ4v) is 4.99. The summed E-state index contributed by atoms with van der Waals surface area (Å²) >= 11 is 1.41. The fourth-order valence-electron chi connectivity index (χ4n) is 3.07. The van der Waals surface area contributed by atoms with Crippen LogP contribution in [0, 0.1) is 0 Å². The Balaban J connectivity index is 1.84. The number of aryl methyl sites for hydroxylation is 1. The minimum absolute atomic E-state index is 0.127. The number of phenols is 1. The number of hydrogen-bond donors (Lipinski definition) is 2. The third-order valence-electron chi connectivity index (χ3n) is 4.46. The van der Waals surface area contributed by atoms with E-state index in [0.717, 1.165) is 0 Å². The maximum atomic E-state index is 12.7. The molecule has 3 rings (SSSR count). The van der Waals surface area contributed by atoms with E-state index in [2.05, 4.69) is 4.72 Å². The van der Waals surface area contributed by atoms with Gasteiger partial charge in [0.05, 0.1) is 23.0 Å². The van der Waals surface area contributed by atoms with Crippen LogP contribution in [0.4, 0.5) is 5.69 Å². The van der Waals surface area contributed by atoms with E-state index in [1.807, 2.05) is 0 Å². The Bertz CT molecular complexity index is 1070. The molecular weight excluding hydrogens is 410 g/mol. The van der Waals surface area contributed by atoms with Crippen molar-refractivity contribution in [3.63, 3.8) is 0 Å². The molecule has 0 atom stereocenters. The summed E-state index contributed by atoms with van der Waals surface area (Å²) in [5.74, 6) is 0.684. The van der Waals surface area contributed by atoms with Crippen molar-refractivity contribution in [2.75, 3.05) is 22.8 Å². The van der Waals surface area contributed by atoms with Gasteiger partial charge in [-0.05, 0) is 36.8 Å². The quantitative estimate of drug-likeness (QED) is 0.353. The monoisotopic (exact) mass is 433 g/mol. The molecule has 2 N–H and O–H groups in total. The van der Waals surface area contributed by atoms with Crippen LogP contribution in [-0.2, 0) is 26.0 Å². The van der Waals surface area contributed by atoms with Gasteiger partial charge in [0.15, 0.2) is 0 Å². The second kappa shape index (κ2) is 9.37. The van der Waals surface area contributed by atoms with Crippen molar-refractivity contribution in [3.05, 3.63) is 59.0 Å². The standard InChI is InChI=1S/C21H23NO5S2/c1-2-27-20(23)14-28-12-11-15-13-19(17-9-5-6-10-18(17)21(15)24)22-29(25,26)16-7-3-4-8-16/h3-7,9-10,13,22,24H,2,8,11-12,14H2,1H3. The van der Waals surface area contributed by atoms with Crippen LogP contribution in [0.3, 0.4) is 0 Å². The smallest absolute Gasteiger partial charge is 0.315 e. The van der Waals surface area contributed by atoms with E-state index in [0.29, 0.717) is 52.1 Å². The molecule has 29 heavy (non-hydrogen) atoms. The zero-order valence-electron chi connectivity index (χ0n) is 16.1. The Morgan fingerprint density at radius 2 is 2.03 bits per heavy atom. The molecule has 0 unspecified atom stereocenters. The number of anilines is 1. The van der Waals surface area contributed by atoms with Gasteiger partial charge in [-0.3, -0.25) is 9.52 Å². The zero-order chi connectivity index (χ0) is 20.9. The molecule has 0 saturated heterocycles. The van der Waals surface area contributed by atoms with Gasteiger partial charge in [-0.2, -0.15) is 0 Å². The molecule has 0 aromatic heterocycles. The Morgan fingerprint density at radius 1 is 1.28 bits per heavy atom. The normalized spacial score (nSPS) is 13.5. The van der Waals surface area contributed by atoms with Crippen molar-refractivity contribution in [1.29, 1.82) is 0 Å². The number of aromatic hydroxyl groups is 1. The number of nitrogens with one attached hydrogen (secondary N) is 1. The number of rotatable bonds is 9. The number of ether oxygens (including phenoxy) is 1. The highest BCUT2D eigenvalue weighted by atomic mass is 32.2. The number of sulfonamides is 1. The summed E-state index contributed by atoms with van der Waals surface area (Å²) in [5.41, 5.74) is 1.05. The van der Waals surface area contributed by atoms with Crippen LogP contribution in [0.5, 0.6) is 5.75 Å². The Morgan fingerprint density at radius 3 is 2.72 bits per heavy atom. The maximum absolute atomic E-state index is 12.7. The van der Waals surface area contributed by atoms with Gasteiger partial charge in [0, 0.05) is 17.2 Å². The summed E-state index contributed by atoms with van der Waals surface area (Å²) < 4.78 is 33.0. The third kappa shape index (κ3) is 5.13. The molecule has 0 spiro atoms. The number of esters is 1. The molecule has 6 nitrogen and oxygen atoms in total. The summed E-state index contributed by atoms with van der Waals surface area (Å²) in [6, 6.07) is 8.79. The van der Waals surface area contributed by atoms with Gasteiger partial charge in [0.25, 0.3) is 10.0 Å². The average molecular weight is 434 g/mol. The van der Waals surface area contributed by atoms with E-state index in [1.54, 1.807) is 55.5 Å². The van der Waals surface area contributed by atoms with Gasteiger partial charge in [-0.25, -0.2) is 8.42 Å². The van der Waals surface area contributed by atoms with Crippen molar-refractivity contribution in [1.82, 2.24) is 0 Å². The lowest BCUT2D eigenvalue weighted by Crippen LogP contribution is -2.14. The van der Waals surface area contributed by atoms with Crippen molar-refractivity contribution in [2.24, 2.45) is 0 Å². The predicted molar refractivity (Wildman–Crippen MR) is 118 cm³/mol. The minimum Gasteiger partial charge on any atom is -0.507 e. The van der Waals surface area contributed by atoms with Gasteiger partial charge >= 0.3 is 5.97 Å². The van der Waals surface area contributed by atoms with E-state index in [-0.39, 0.29) is 17.5 Å². The highest BCUT2D eigenvalue weighted by Gasteiger charge is 2.21. The number of fused-ring (bicyclic) bond motifs is 1. The first-order valence-corrected chi connectivity index (χ1v) is 11.9. The largest absolute Gasteiger partial charge is 0.507 e. The molecule has 0 aliphatic heterocycles. The molecule has 0 saturated carbocycles. The molecule has 0 fully saturated rings. The third-order valence-corrected chi connectivity index (χ3v) is 6.88. The molecule has 1 aliphatic rings. The van der Waals surface area contributed by atoms with Gasteiger partial charge in [0.2, 0.25) is 0 Å². The van der Waals surface area contributed by atoms with Crippen LogP contribution in [-0.4, -0.2) is 37.6 Å². The van der Waals surface area contributed by atoms with E-state index < -0.39 is 10.0 Å². The SMILES string of the molecule is CCOC(=O)CSCCc1cc(NS(=O)(=O)C2=CC=CC2)c2ccccc2c1O. The number of carbonyl (C=O) groups excluding carboxylic acids is 1. The second-order valence-electron chi connectivity index (χ2n) is 6.46. The topological polar surface area (TPSA) is 92.7 Å². The van der Waals surface area contributed by atoms with Gasteiger partial charge in [-0.1, -0.05) is 36.4 Å². The number of carbonyl (C=O) groups is 1. The van der Waals surface area contributed by atoms with Crippen LogP contribution in [0.1, 0.15) is 18.9 Å². The molecule has 8 heteroatoms. The summed E-state index contributed by atoms with van der Waals surface area (Å²) in [6.45, 7) is 2.11. The number of phenolic OH excluding ortho intramolecular Hbond substituents is 1. The van der Waals surface area contributed by atoms with Gasteiger partial charge in [0.1, 0.15) is 5.75 Å². The summed E-state index contributed by atoms with van der Waals surface area (Å²) in [6.07, 6.45) is 5.94. The molecule has 0 bridgehead atoms. The highest BCUT2D eigenvalue weighted by molar-refractivity contribution is 7.99. The molecule has 0 amide bonds. The first-order chi connectivity index (χ1) is 13.9. The second-order valence-corrected chi connectivity index (χ2v) is 9.30. The summed E-state index contributed by atoms with van der Waals surface area (Å²) in [4.78, 5) is 11.8. The van der Waals surface area contributed by atoms with Crippen molar-refractivity contribution in [2.45, 2.75) is 19.8 Å². The zero-order valence-corrected chi connectivity index (χ0v) is 17.7. The first kappa shape index (κ1) is 21.3. The van der Waals surface area contributed by atoms with Gasteiger partial charge in [-0.15, -0.1) is 11.8 Å². The van der Waals surface area contributed by atoms with Crippen molar-refractivity contribution in [3.8, 4) is 5.75 Å². The number of allylic oxidation sites excluding steroid dienone is 4. The predicted octanol–water partition coefficient (Wildman–Crippen LogP) is 3.97. The van der Waals surface area contributed by atoms with Crippen molar-refractivity contribution >= 4 is 44.2 Å².